The van der Waals surface area contributed by atoms with E-state index in [4.69, 9.17) is 5.11 Å². The Morgan fingerprint density at radius 1 is 1.28 bits per heavy atom. The van der Waals surface area contributed by atoms with Crippen molar-refractivity contribution in [3.63, 3.8) is 0 Å². The molecule has 0 spiro atoms. The molecule has 1 aliphatic rings. The molecular formula is C18H25N3O4. The van der Waals surface area contributed by atoms with Crippen LogP contribution in [0.3, 0.4) is 0 Å². The van der Waals surface area contributed by atoms with Gasteiger partial charge in [-0.2, -0.15) is 0 Å². The van der Waals surface area contributed by atoms with E-state index in [0.29, 0.717) is 13.1 Å². The third kappa shape index (κ3) is 5.56. The average Bonchev–Trinajstić information content (AvgIpc) is 2.59. The van der Waals surface area contributed by atoms with Crippen LogP contribution < -0.4 is 10.6 Å². The van der Waals surface area contributed by atoms with E-state index in [-0.39, 0.29) is 29.5 Å². The van der Waals surface area contributed by atoms with Gasteiger partial charge in [-0.25, -0.2) is 4.79 Å². The molecule has 7 heteroatoms. The summed E-state index contributed by atoms with van der Waals surface area (Å²) >= 11 is 0. The van der Waals surface area contributed by atoms with Gasteiger partial charge in [-0.3, -0.25) is 14.5 Å². The number of hydrogen-bond acceptors (Lipinski definition) is 4. The van der Waals surface area contributed by atoms with Crippen molar-refractivity contribution in [2.24, 2.45) is 0 Å². The van der Waals surface area contributed by atoms with E-state index in [9.17, 15) is 14.4 Å². The van der Waals surface area contributed by atoms with Crippen molar-refractivity contribution in [3.8, 4) is 0 Å². The highest BCUT2D eigenvalue weighted by Crippen LogP contribution is 2.13. The third-order valence-corrected chi connectivity index (χ3v) is 4.45. The highest BCUT2D eigenvalue weighted by Gasteiger charge is 2.27. The van der Waals surface area contributed by atoms with Crippen molar-refractivity contribution < 1.29 is 19.5 Å². The second-order valence-corrected chi connectivity index (χ2v) is 6.43. The van der Waals surface area contributed by atoms with Crippen molar-refractivity contribution in [2.45, 2.75) is 45.3 Å². The monoisotopic (exact) mass is 347 g/mol. The Balaban J connectivity index is 1.85. The van der Waals surface area contributed by atoms with E-state index in [2.05, 4.69) is 15.5 Å². The topological polar surface area (TPSA) is 98.7 Å². The summed E-state index contributed by atoms with van der Waals surface area (Å²) in [5.41, 5.74) is 1.07. The molecular weight excluding hydrogens is 322 g/mol. The summed E-state index contributed by atoms with van der Waals surface area (Å²) in [4.78, 5) is 36.5. The molecule has 2 amide bonds. The van der Waals surface area contributed by atoms with Crippen LogP contribution in [-0.2, 0) is 16.1 Å². The molecule has 1 aromatic carbocycles. The van der Waals surface area contributed by atoms with Crippen LogP contribution in [0.1, 0.15) is 42.6 Å². The van der Waals surface area contributed by atoms with Crippen LogP contribution in [0.2, 0.25) is 0 Å². The minimum Gasteiger partial charge on any atom is -0.478 e. The largest absolute Gasteiger partial charge is 0.478 e. The summed E-state index contributed by atoms with van der Waals surface area (Å²) in [6.45, 7) is 5.22. The molecule has 1 fully saturated rings. The molecule has 1 aromatic rings. The van der Waals surface area contributed by atoms with Gasteiger partial charge in [0.1, 0.15) is 0 Å². The fourth-order valence-corrected chi connectivity index (χ4v) is 3.03. The van der Waals surface area contributed by atoms with Gasteiger partial charge in [-0.05, 0) is 44.0 Å². The smallest absolute Gasteiger partial charge is 0.335 e. The zero-order valence-electron chi connectivity index (χ0n) is 14.6. The lowest BCUT2D eigenvalue weighted by atomic mass is 10.0. The van der Waals surface area contributed by atoms with Crippen molar-refractivity contribution in [2.75, 3.05) is 13.1 Å². The standard InChI is InChI=1S/C18H25N3O4/c1-12(21-9-3-4-16(11-21)20-13(2)22)17(23)19-10-14-5-7-15(8-6-14)18(24)25/h5-8,12,16H,3-4,9-11H2,1-2H3,(H,19,23)(H,20,22)(H,24,25). The molecule has 7 nitrogen and oxygen atoms in total. The van der Waals surface area contributed by atoms with Gasteiger partial charge in [0.2, 0.25) is 11.8 Å². The highest BCUT2D eigenvalue weighted by atomic mass is 16.4. The number of carbonyl (C=O) groups is 3. The lowest BCUT2D eigenvalue weighted by Crippen LogP contribution is -2.53. The predicted molar refractivity (Wildman–Crippen MR) is 93.1 cm³/mol. The van der Waals surface area contributed by atoms with Crippen molar-refractivity contribution in [1.82, 2.24) is 15.5 Å². The van der Waals surface area contributed by atoms with Crippen molar-refractivity contribution >= 4 is 17.8 Å². The highest BCUT2D eigenvalue weighted by molar-refractivity contribution is 5.87. The molecule has 1 saturated heterocycles. The number of carboxylic acid groups (broad SMARTS) is 1. The van der Waals surface area contributed by atoms with E-state index >= 15 is 0 Å². The molecule has 25 heavy (non-hydrogen) atoms. The van der Waals surface area contributed by atoms with E-state index in [1.807, 2.05) is 6.92 Å². The van der Waals surface area contributed by atoms with E-state index < -0.39 is 5.97 Å². The second kappa shape index (κ2) is 8.62. The number of likely N-dealkylation sites (tertiary alicyclic amines) is 1. The Bertz CT molecular complexity index is 630. The summed E-state index contributed by atoms with van der Waals surface area (Å²) < 4.78 is 0. The Hall–Kier alpha value is -2.41. The third-order valence-electron chi connectivity index (χ3n) is 4.45. The normalized spacial score (nSPS) is 19.0. The molecule has 0 radical (unpaired) electrons. The van der Waals surface area contributed by atoms with Crippen LogP contribution in [-0.4, -0.2) is 53.0 Å². The number of piperidine rings is 1. The number of nitrogens with one attached hydrogen (secondary N) is 2. The second-order valence-electron chi connectivity index (χ2n) is 6.43. The molecule has 136 valence electrons. The Morgan fingerprint density at radius 2 is 1.96 bits per heavy atom. The molecule has 2 unspecified atom stereocenters. The lowest BCUT2D eigenvalue weighted by Gasteiger charge is -2.36. The van der Waals surface area contributed by atoms with Crippen molar-refractivity contribution in [3.05, 3.63) is 35.4 Å². The lowest BCUT2D eigenvalue weighted by molar-refractivity contribution is -0.126. The van der Waals surface area contributed by atoms with E-state index in [0.717, 1.165) is 24.9 Å². The van der Waals surface area contributed by atoms with Crippen LogP contribution in [0.5, 0.6) is 0 Å². The van der Waals surface area contributed by atoms with Gasteiger partial charge in [0.05, 0.1) is 11.6 Å². The number of hydrogen-bond donors (Lipinski definition) is 3. The summed E-state index contributed by atoms with van der Waals surface area (Å²) in [6.07, 6.45) is 1.87. The molecule has 0 aromatic heterocycles. The van der Waals surface area contributed by atoms with Crippen LogP contribution in [0.15, 0.2) is 24.3 Å². The quantitative estimate of drug-likeness (QED) is 0.713. The zero-order chi connectivity index (χ0) is 18.4. The molecule has 1 heterocycles. The fraction of sp³-hybridized carbons (Fsp3) is 0.500. The van der Waals surface area contributed by atoms with Crippen molar-refractivity contribution in [1.29, 1.82) is 0 Å². The van der Waals surface area contributed by atoms with Gasteiger partial charge in [-0.1, -0.05) is 12.1 Å². The minimum absolute atomic E-state index is 0.0474. The summed E-state index contributed by atoms with van der Waals surface area (Å²) in [6, 6.07) is 6.25. The first kappa shape index (κ1) is 18.9. The number of benzene rings is 1. The molecule has 0 aliphatic carbocycles. The first-order valence-electron chi connectivity index (χ1n) is 8.48. The van der Waals surface area contributed by atoms with Crippen LogP contribution >= 0.6 is 0 Å². The zero-order valence-corrected chi connectivity index (χ0v) is 14.6. The Morgan fingerprint density at radius 3 is 2.56 bits per heavy atom. The number of nitrogens with zero attached hydrogens (tertiary/aromatic N) is 1. The molecule has 0 bridgehead atoms. The molecule has 1 aliphatic heterocycles. The molecule has 0 saturated carbocycles. The SMILES string of the molecule is CC(=O)NC1CCCN(C(C)C(=O)NCc2ccc(C(=O)O)cc2)C1. The van der Waals surface area contributed by atoms with Crippen LogP contribution in [0.4, 0.5) is 0 Å². The van der Waals surface area contributed by atoms with E-state index in [1.54, 1.807) is 12.1 Å². The Kier molecular flexibility index (Phi) is 6.52. The van der Waals surface area contributed by atoms with Gasteiger partial charge in [0.15, 0.2) is 0 Å². The molecule has 2 rings (SSSR count). The maximum absolute atomic E-state index is 12.4. The van der Waals surface area contributed by atoms with Gasteiger partial charge in [0.25, 0.3) is 0 Å². The number of rotatable bonds is 6. The summed E-state index contributed by atoms with van der Waals surface area (Å²) in [5.74, 6) is -1.09. The number of carboxylic acids is 1. The first-order chi connectivity index (χ1) is 11.9. The number of amides is 2. The fourth-order valence-electron chi connectivity index (χ4n) is 3.03. The average molecular weight is 347 g/mol. The Labute approximate surface area is 147 Å². The van der Waals surface area contributed by atoms with Gasteiger partial charge < -0.3 is 15.7 Å². The van der Waals surface area contributed by atoms with Crippen LogP contribution in [0, 0.1) is 0 Å². The number of carbonyl (C=O) groups excluding carboxylic acids is 2. The van der Waals surface area contributed by atoms with Gasteiger partial charge >= 0.3 is 5.97 Å². The predicted octanol–water partition coefficient (Wildman–Crippen LogP) is 0.990. The van der Waals surface area contributed by atoms with Gasteiger partial charge in [0, 0.05) is 26.1 Å². The molecule has 2 atom stereocenters. The van der Waals surface area contributed by atoms with E-state index in [1.165, 1.54) is 19.1 Å². The first-order valence-corrected chi connectivity index (χ1v) is 8.48. The van der Waals surface area contributed by atoms with Gasteiger partial charge in [-0.15, -0.1) is 0 Å². The van der Waals surface area contributed by atoms with Crippen LogP contribution in [0.25, 0.3) is 0 Å². The summed E-state index contributed by atoms with van der Waals surface area (Å²) in [5, 5.41) is 14.7. The number of aromatic carboxylic acids is 1. The molecule has 3 N–H and O–H groups in total. The minimum atomic E-state index is -0.969. The summed E-state index contributed by atoms with van der Waals surface area (Å²) in [7, 11) is 0. The maximum atomic E-state index is 12.4. The maximum Gasteiger partial charge on any atom is 0.335 e.